The number of benzene rings is 1. The molecule has 4 heteroatoms. The lowest BCUT2D eigenvalue weighted by Crippen LogP contribution is -2.40. The van der Waals surface area contributed by atoms with E-state index in [0.717, 1.165) is 41.2 Å². The summed E-state index contributed by atoms with van der Waals surface area (Å²) in [5.74, 6) is 6.34. The van der Waals surface area contributed by atoms with Crippen LogP contribution in [0.15, 0.2) is 36.4 Å². The topological polar surface area (TPSA) is 20.3 Å². The molecule has 0 bridgehead atoms. The first kappa shape index (κ1) is 17.1. The second-order valence-electron chi connectivity index (χ2n) is 6.88. The van der Waals surface area contributed by atoms with Gasteiger partial charge in [0.1, 0.15) is 0 Å². The van der Waals surface area contributed by atoms with E-state index in [1.165, 1.54) is 11.3 Å². The summed E-state index contributed by atoms with van der Waals surface area (Å²) in [6.45, 7) is 6.22. The number of amides is 1. The van der Waals surface area contributed by atoms with Crippen LogP contribution in [0, 0.1) is 17.3 Å². The molecule has 0 saturated carbocycles. The smallest absolute Gasteiger partial charge is 0.263 e. The maximum Gasteiger partial charge on any atom is 0.263 e. The molecule has 0 aliphatic carbocycles. The van der Waals surface area contributed by atoms with Gasteiger partial charge in [0, 0.05) is 23.7 Å². The fourth-order valence-electron chi connectivity index (χ4n) is 2.69. The lowest BCUT2D eigenvalue weighted by atomic mass is 9.82. The highest BCUT2D eigenvalue weighted by Gasteiger charge is 2.28. The van der Waals surface area contributed by atoms with E-state index in [1.54, 1.807) is 0 Å². The van der Waals surface area contributed by atoms with E-state index in [4.69, 9.17) is 11.6 Å². The summed E-state index contributed by atoms with van der Waals surface area (Å²) in [5.41, 5.74) is 1.22. The van der Waals surface area contributed by atoms with Gasteiger partial charge in [-0.05, 0) is 48.6 Å². The van der Waals surface area contributed by atoms with Gasteiger partial charge in [0.2, 0.25) is 0 Å². The summed E-state index contributed by atoms with van der Waals surface area (Å²) in [6.07, 6.45) is 2.12. The molecule has 0 radical (unpaired) electrons. The monoisotopic (exact) mass is 357 g/mol. The van der Waals surface area contributed by atoms with Crippen molar-refractivity contribution in [2.45, 2.75) is 26.7 Å². The van der Waals surface area contributed by atoms with E-state index in [1.807, 2.05) is 41.3 Å². The molecular formula is C20H20ClNOS. The van der Waals surface area contributed by atoms with Crippen molar-refractivity contribution in [1.29, 1.82) is 0 Å². The van der Waals surface area contributed by atoms with Crippen LogP contribution in [0.3, 0.4) is 0 Å². The van der Waals surface area contributed by atoms with Crippen LogP contribution in [-0.4, -0.2) is 23.9 Å². The molecule has 0 spiro atoms. The predicted octanol–water partition coefficient (Wildman–Crippen LogP) is 5.06. The number of likely N-dealkylation sites (tertiary alicyclic amines) is 1. The van der Waals surface area contributed by atoms with Gasteiger partial charge in [0.15, 0.2) is 0 Å². The zero-order valence-electron chi connectivity index (χ0n) is 13.9. The minimum atomic E-state index is 0.131. The third kappa shape index (κ3) is 4.20. The van der Waals surface area contributed by atoms with Gasteiger partial charge in [0.25, 0.3) is 5.91 Å². The van der Waals surface area contributed by atoms with Crippen molar-refractivity contribution in [3.05, 3.63) is 56.7 Å². The first-order chi connectivity index (χ1) is 11.4. The molecular weight excluding hydrogens is 338 g/mol. The number of thiophene rings is 1. The van der Waals surface area contributed by atoms with Gasteiger partial charge in [-0.2, -0.15) is 0 Å². The Morgan fingerprint density at radius 2 is 1.92 bits per heavy atom. The second-order valence-corrected chi connectivity index (χ2v) is 8.40. The Morgan fingerprint density at radius 1 is 1.17 bits per heavy atom. The van der Waals surface area contributed by atoms with Crippen molar-refractivity contribution in [2.24, 2.45) is 5.41 Å². The maximum atomic E-state index is 12.6. The highest BCUT2D eigenvalue weighted by atomic mass is 35.5. The number of carbonyl (C=O) groups excluding carboxylic acids is 1. The van der Waals surface area contributed by atoms with Gasteiger partial charge < -0.3 is 4.90 Å². The molecule has 3 rings (SSSR count). The number of hydrogen-bond donors (Lipinski definition) is 0. The third-order valence-corrected chi connectivity index (χ3v) is 5.60. The molecule has 1 aliphatic heterocycles. The van der Waals surface area contributed by atoms with Crippen molar-refractivity contribution in [3.63, 3.8) is 0 Å². The molecule has 2 aromatic rings. The molecule has 1 amide bonds. The molecule has 24 heavy (non-hydrogen) atoms. The minimum absolute atomic E-state index is 0.131. The van der Waals surface area contributed by atoms with E-state index in [9.17, 15) is 4.79 Å². The number of nitrogens with zero attached hydrogens (tertiary/aromatic N) is 1. The average molecular weight is 358 g/mol. The second kappa shape index (κ2) is 7.01. The first-order valence-electron chi connectivity index (χ1n) is 8.10. The highest BCUT2D eigenvalue weighted by Crippen LogP contribution is 2.31. The summed E-state index contributed by atoms with van der Waals surface area (Å²) in [6, 6.07) is 11.3. The van der Waals surface area contributed by atoms with Crippen molar-refractivity contribution in [2.75, 3.05) is 13.1 Å². The Bertz CT molecular complexity index is 802. The lowest BCUT2D eigenvalue weighted by Gasteiger charge is -2.36. The van der Waals surface area contributed by atoms with Gasteiger partial charge in [0.05, 0.1) is 9.75 Å². The average Bonchev–Trinajstić information content (AvgIpc) is 3.01. The molecule has 124 valence electrons. The van der Waals surface area contributed by atoms with Crippen molar-refractivity contribution < 1.29 is 4.79 Å². The van der Waals surface area contributed by atoms with Crippen LogP contribution in [0.5, 0.6) is 0 Å². The summed E-state index contributed by atoms with van der Waals surface area (Å²) in [5, 5.41) is 0.678. The number of carbonyl (C=O) groups is 1. The Hall–Kier alpha value is -1.76. The summed E-state index contributed by atoms with van der Waals surface area (Å²) in [4.78, 5) is 16.2. The van der Waals surface area contributed by atoms with Crippen LogP contribution in [0.1, 0.15) is 46.8 Å². The van der Waals surface area contributed by atoms with Crippen molar-refractivity contribution in [1.82, 2.24) is 4.90 Å². The van der Waals surface area contributed by atoms with E-state index < -0.39 is 0 Å². The van der Waals surface area contributed by atoms with Crippen LogP contribution in [-0.2, 0) is 0 Å². The molecule has 1 aliphatic rings. The SMILES string of the molecule is CC1(C)CCN(C(=O)c2ccc(C#Cc3cccc(Cl)c3)s2)CC1. The zero-order valence-corrected chi connectivity index (χ0v) is 15.5. The molecule has 2 nitrogen and oxygen atoms in total. The van der Waals surface area contributed by atoms with Crippen LogP contribution in [0.4, 0.5) is 0 Å². The van der Waals surface area contributed by atoms with Crippen LogP contribution in [0.25, 0.3) is 0 Å². The van der Waals surface area contributed by atoms with Crippen molar-refractivity contribution >= 4 is 28.8 Å². The quantitative estimate of drug-likeness (QED) is 0.653. The third-order valence-electron chi connectivity index (χ3n) is 4.38. The Labute approximate surface area is 152 Å². The van der Waals surface area contributed by atoms with E-state index >= 15 is 0 Å². The molecule has 0 N–H and O–H groups in total. The van der Waals surface area contributed by atoms with Gasteiger partial charge >= 0.3 is 0 Å². The zero-order chi connectivity index (χ0) is 17.2. The van der Waals surface area contributed by atoms with E-state index in [-0.39, 0.29) is 5.91 Å². The van der Waals surface area contributed by atoms with Crippen LogP contribution >= 0.6 is 22.9 Å². The highest BCUT2D eigenvalue weighted by molar-refractivity contribution is 7.14. The summed E-state index contributed by atoms with van der Waals surface area (Å²) >= 11 is 7.42. The Balaban J connectivity index is 1.69. The standard InChI is InChI=1S/C20H20ClNOS/c1-20(2)10-12-22(13-11-20)19(23)18-9-8-17(24-18)7-6-15-4-3-5-16(21)14-15/h3-5,8-9,14H,10-13H2,1-2H3. The number of halogens is 1. The number of hydrogen-bond acceptors (Lipinski definition) is 2. The summed E-state index contributed by atoms with van der Waals surface area (Å²) < 4.78 is 0. The molecule has 2 heterocycles. The first-order valence-corrected chi connectivity index (χ1v) is 9.29. The van der Waals surface area contributed by atoms with E-state index in [0.29, 0.717) is 10.4 Å². The Kier molecular flexibility index (Phi) is 4.99. The molecule has 1 aromatic carbocycles. The number of piperidine rings is 1. The minimum Gasteiger partial charge on any atom is -0.338 e. The van der Waals surface area contributed by atoms with E-state index in [2.05, 4.69) is 25.7 Å². The fourth-order valence-corrected chi connectivity index (χ4v) is 3.71. The largest absolute Gasteiger partial charge is 0.338 e. The van der Waals surface area contributed by atoms with Crippen LogP contribution < -0.4 is 0 Å². The fraction of sp³-hybridized carbons (Fsp3) is 0.350. The molecule has 0 unspecified atom stereocenters. The van der Waals surface area contributed by atoms with Gasteiger partial charge in [-0.25, -0.2) is 0 Å². The van der Waals surface area contributed by atoms with Crippen molar-refractivity contribution in [3.8, 4) is 11.8 Å². The molecule has 1 aromatic heterocycles. The summed E-state index contributed by atoms with van der Waals surface area (Å²) in [7, 11) is 0. The molecule has 1 saturated heterocycles. The van der Waals surface area contributed by atoms with Gasteiger partial charge in [-0.3, -0.25) is 4.79 Å². The molecule has 1 fully saturated rings. The van der Waals surface area contributed by atoms with Gasteiger partial charge in [-0.15, -0.1) is 11.3 Å². The molecule has 0 atom stereocenters. The van der Waals surface area contributed by atoms with Crippen LogP contribution in [0.2, 0.25) is 5.02 Å². The lowest BCUT2D eigenvalue weighted by molar-refractivity contribution is 0.0635. The number of rotatable bonds is 1. The van der Waals surface area contributed by atoms with Gasteiger partial charge in [-0.1, -0.05) is 43.4 Å². The Morgan fingerprint density at radius 3 is 2.62 bits per heavy atom. The predicted molar refractivity (Wildman–Crippen MR) is 101 cm³/mol. The normalized spacial score (nSPS) is 16.4. The maximum absolute atomic E-state index is 12.6.